The van der Waals surface area contributed by atoms with E-state index < -0.39 is 6.04 Å². The number of hydrogen-bond donors (Lipinski definition) is 2. The van der Waals surface area contributed by atoms with Crippen molar-refractivity contribution >= 4 is 28.2 Å². The van der Waals surface area contributed by atoms with Crippen LogP contribution in [0.25, 0.3) is 0 Å². The minimum atomic E-state index is -0.471. The first-order valence-corrected chi connectivity index (χ1v) is 10.00. The average Bonchev–Trinajstić information content (AvgIpc) is 2.73. The van der Waals surface area contributed by atoms with Gasteiger partial charge in [0.15, 0.2) is 0 Å². The fourth-order valence-electron chi connectivity index (χ4n) is 3.10. The summed E-state index contributed by atoms with van der Waals surface area (Å²) in [6, 6.07) is 1.88. The summed E-state index contributed by atoms with van der Waals surface area (Å²) in [7, 11) is 1.75. The molecule has 0 saturated heterocycles. The summed E-state index contributed by atoms with van der Waals surface area (Å²) in [6.07, 6.45) is 5.31. The number of nitriles is 1. The molecule has 2 N–H and O–H groups in total. The third kappa shape index (κ3) is 5.05. The second-order valence-electron chi connectivity index (χ2n) is 7.18. The zero-order chi connectivity index (χ0) is 19.3. The number of hydrogen-bond acceptors (Lipinski definition) is 5. The number of likely N-dealkylation sites (N-methyl/N-ethyl adjacent to an activating group) is 1. The van der Waals surface area contributed by atoms with Gasteiger partial charge in [-0.1, -0.05) is 6.42 Å². The molecule has 26 heavy (non-hydrogen) atoms. The molecule has 1 aliphatic rings. The summed E-state index contributed by atoms with van der Waals surface area (Å²) in [5.74, 6) is -0.305. The van der Waals surface area contributed by atoms with Gasteiger partial charge in [0.25, 0.3) is 0 Å². The van der Waals surface area contributed by atoms with E-state index in [0.717, 1.165) is 31.2 Å². The summed E-state index contributed by atoms with van der Waals surface area (Å²) in [5.41, 5.74) is 1.73. The fraction of sp³-hybridized carbons (Fsp3) is 0.632. The van der Waals surface area contributed by atoms with Gasteiger partial charge in [-0.15, -0.1) is 11.3 Å². The van der Waals surface area contributed by atoms with Crippen molar-refractivity contribution < 1.29 is 9.59 Å². The highest BCUT2D eigenvalue weighted by Crippen LogP contribution is 2.37. The van der Waals surface area contributed by atoms with E-state index >= 15 is 0 Å². The van der Waals surface area contributed by atoms with Crippen LogP contribution in [0.15, 0.2) is 0 Å². The lowest BCUT2D eigenvalue weighted by atomic mass is 10.1. The number of thiophene rings is 1. The molecule has 2 amide bonds. The van der Waals surface area contributed by atoms with E-state index in [1.807, 2.05) is 13.8 Å². The summed E-state index contributed by atoms with van der Waals surface area (Å²) in [6.45, 7) is 5.72. The third-order valence-electron chi connectivity index (χ3n) is 4.65. The molecule has 2 rings (SSSR count). The first kappa shape index (κ1) is 20.4. The number of nitrogens with one attached hydrogen (secondary N) is 2. The molecule has 0 bridgehead atoms. The predicted molar refractivity (Wildman–Crippen MR) is 104 cm³/mol. The van der Waals surface area contributed by atoms with Gasteiger partial charge in [0.1, 0.15) is 11.1 Å². The zero-order valence-corrected chi connectivity index (χ0v) is 16.8. The quantitative estimate of drug-likeness (QED) is 0.748. The van der Waals surface area contributed by atoms with Crippen LogP contribution in [0.5, 0.6) is 0 Å². The van der Waals surface area contributed by atoms with E-state index in [1.165, 1.54) is 22.6 Å². The van der Waals surface area contributed by atoms with Gasteiger partial charge < -0.3 is 10.6 Å². The maximum Gasteiger partial charge on any atom is 0.242 e. The number of fused-ring (bicyclic) bond motifs is 1. The van der Waals surface area contributed by atoms with Crippen molar-refractivity contribution in [3.05, 3.63) is 16.0 Å². The number of nitrogens with zero attached hydrogens (tertiary/aromatic N) is 2. The van der Waals surface area contributed by atoms with Crippen LogP contribution in [0.4, 0.5) is 5.00 Å². The molecule has 142 valence electrons. The first-order valence-electron chi connectivity index (χ1n) is 9.18. The first-order chi connectivity index (χ1) is 12.3. The van der Waals surface area contributed by atoms with Crippen LogP contribution >= 0.6 is 11.3 Å². The zero-order valence-electron chi connectivity index (χ0n) is 16.0. The Morgan fingerprint density at radius 2 is 1.92 bits per heavy atom. The lowest BCUT2D eigenvalue weighted by Gasteiger charge is -2.23. The second kappa shape index (κ2) is 9.15. The van der Waals surface area contributed by atoms with Gasteiger partial charge >= 0.3 is 0 Å². The minimum absolute atomic E-state index is 0.0692. The van der Waals surface area contributed by atoms with E-state index in [1.54, 1.807) is 18.9 Å². The van der Waals surface area contributed by atoms with Gasteiger partial charge in [-0.25, -0.2) is 0 Å². The van der Waals surface area contributed by atoms with E-state index in [9.17, 15) is 14.9 Å². The predicted octanol–water partition coefficient (Wildman–Crippen LogP) is 2.67. The van der Waals surface area contributed by atoms with Crippen LogP contribution in [-0.2, 0) is 22.4 Å². The Morgan fingerprint density at radius 3 is 2.58 bits per heavy atom. The summed E-state index contributed by atoms with van der Waals surface area (Å²) < 4.78 is 0. The normalized spacial score (nSPS) is 15.1. The Labute approximate surface area is 159 Å². The third-order valence-corrected chi connectivity index (χ3v) is 5.86. The standard InChI is InChI=1S/C19H28N4O2S/c1-12(2)21-17(24)11-23(4)13(3)18(25)22-19-15(10-20)14-8-6-5-7-9-16(14)26-19/h12-13H,5-9,11H2,1-4H3,(H,21,24)(H,22,25). The van der Waals surface area contributed by atoms with Gasteiger partial charge in [0.05, 0.1) is 18.2 Å². The van der Waals surface area contributed by atoms with Crippen molar-refractivity contribution in [2.24, 2.45) is 0 Å². The number of anilines is 1. The Hall–Kier alpha value is -1.91. The molecule has 1 aliphatic carbocycles. The van der Waals surface area contributed by atoms with Crippen LogP contribution < -0.4 is 10.6 Å². The molecule has 1 unspecified atom stereocenters. The molecule has 0 aromatic carbocycles. The summed E-state index contributed by atoms with van der Waals surface area (Å²) in [4.78, 5) is 27.4. The van der Waals surface area contributed by atoms with Crippen molar-refractivity contribution in [2.45, 2.75) is 65.0 Å². The van der Waals surface area contributed by atoms with E-state index in [-0.39, 0.29) is 24.4 Å². The molecule has 0 radical (unpaired) electrons. The Kier molecular flexibility index (Phi) is 7.18. The van der Waals surface area contributed by atoms with Gasteiger partial charge in [0, 0.05) is 10.9 Å². The lowest BCUT2D eigenvalue weighted by Crippen LogP contribution is -2.45. The van der Waals surface area contributed by atoms with Crippen LogP contribution in [0.3, 0.4) is 0 Å². The maximum atomic E-state index is 12.6. The largest absolute Gasteiger partial charge is 0.353 e. The highest BCUT2D eigenvalue weighted by Gasteiger charge is 2.25. The molecule has 1 heterocycles. The molecule has 0 spiro atoms. The monoisotopic (exact) mass is 376 g/mol. The average molecular weight is 377 g/mol. The molecule has 7 heteroatoms. The Morgan fingerprint density at radius 1 is 1.23 bits per heavy atom. The van der Waals surface area contributed by atoms with Gasteiger partial charge in [-0.3, -0.25) is 14.5 Å². The highest BCUT2D eigenvalue weighted by atomic mass is 32.1. The Balaban J connectivity index is 2.05. The second-order valence-corrected chi connectivity index (χ2v) is 8.29. The number of rotatable bonds is 6. The Bertz CT molecular complexity index is 705. The van der Waals surface area contributed by atoms with E-state index in [0.29, 0.717) is 10.6 Å². The fourth-order valence-corrected chi connectivity index (χ4v) is 4.34. The van der Waals surface area contributed by atoms with Crippen LogP contribution in [0.1, 0.15) is 56.0 Å². The number of carbonyl (C=O) groups is 2. The van der Waals surface area contributed by atoms with Crippen molar-refractivity contribution in [3.63, 3.8) is 0 Å². The number of aryl methyl sites for hydroxylation is 1. The molecule has 6 nitrogen and oxygen atoms in total. The smallest absolute Gasteiger partial charge is 0.242 e. The number of amides is 2. The molecule has 1 atom stereocenters. The van der Waals surface area contributed by atoms with Gasteiger partial charge in [0.2, 0.25) is 11.8 Å². The topological polar surface area (TPSA) is 85.2 Å². The maximum absolute atomic E-state index is 12.6. The van der Waals surface area contributed by atoms with Crippen LogP contribution in [0.2, 0.25) is 0 Å². The van der Waals surface area contributed by atoms with Gasteiger partial charge in [-0.05, 0) is 59.1 Å². The summed E-state index contributed by atoms with van der Waals surface area (Å²) >= 11 is 1.53. The molecule has 0 fully saturated rings. The van der Waals surface area contributed by atoms with E-state index in [4.69, 9.17) is 0 Å². The van der Waals surface area contributed by atoms with Crippen molar-refractivity contribution in [2.75, 3.05) is 18.9 Å². The van der Waals surface area contributed by atoms with Gasteiger partial charge in [-0.2, -0.15) is 5.26 Å². The molecule has 0 aliphatic heterocycles. The molecule has 1 aromatic heterocycles. The van der Waals surface area contributed by atoms with E-state index in [2.05, 4.69) is 16.7 Å². The van der Waals surface area contributed by atoms with Crippen LogP contribution in [0, 0.1) is 11.3 Å². The highest BCUT2D eigenvalue weighted by molar-refractivity contribution is 7.16. The lowest BCUT2D eigenvalue weighted by molar-refractivity contribution is -0.125. The molecule has 0 saturated carbocycles. The van der Waals surface area contributed by atoms with Crippen molar-refractivity contribution in [1.29, 1.82) is 5.26 Å². The summed E-state index contributed by atoms with van der Waals surface area (Å²) in [5, 5.41) is 15.9. The van der Waals surface area contributed by atoms with Crippen molar-refractivity contribution in [1.82, 2.24) is 10.2 Å². The molecular weight excluding hydrogens is 348 g/mol. The number of carbonyl (C=O) groups excluding carboxylic acids is 2. The SMILES string of the molecule is CC(C)NC(=O)CN(C)C(C)C(=O)Nc1sc2c(c1C#N)CCCCC2. The molecular formula is C19H28N4O2S. The van der Waals surface area contributed by atoms with Crippen molar-refractivity contribution in [3.8, 4) is 6.07 Å². The molecule has 1 aromatic rings. The van der Waals surface area contributed by atoms with Crippen LogP contribution in [-0.4, -0.2) is 42.4 Å². The minimum Gasteiger partial charge on any atom is -0.353 e.